The molecule has 0 amide bonds. The molecule has 0 spiro atoms. The van der Waals surface area contributed by atoms with Crippen LogP contribution in [-0.2, 0) is 0 Å². The Labute approximate surface area is 163 Å². The zero-order chi connectivity index (χ0) is 18.6. The molecule has 1 aromatic carbocycles. The molecule has 1 atom stereocenters. The molecule has 144 valence electrons. The predicted molar refractivity (Wildman–Crippen MR) is 112 cm³/mol. The first-order valence-corrected chi connectivity index (χ1v) is 10.4. The fourth-order valence-electron chi connectivity index (χ4n) is 4.73. The van der Waals surface area contributed by atoms with Crippen molar-refractivity contribution in [3.63, 3.8) is 0 Å². The lowest BCUT2D eigenvalue weighted by Crippen LogP contribution is -2.53. The molecule has 2 aliphatic heterocycles. The second-order valence-corrected chi connectivity index (χ2v) is 8.04. The fourth-order valence-corrected chi connectivity index (χ4v) is 4.73. The summed E-state index contributed by atoms with van der Waals surface area (Å²) in [5, 5.41) is 0. The summed E-state index contributed by atoms with van der Waals surface area (Å²) < 4.78 is 0. The van der Waals surface area contributed by atoms with E-state index in [4.69, 9.17) is 0 Å². The first kappa shape index (κ1) is 18.5. The van der Waals surface area contributed by atoms with Gasteiger partial charge in [-0.15, -0.1) is 0 Å². The van der Waals surface area contributed by atoms with Gasteiger partial charge in [0.05, 0.1) is 0 Å². The maximum absolute atomic E-state index is 4.23. The topological polar surface area (TPSA) is 22.6 Å². The van der Waals surface area contributed by atoms with Crippen molar-refractivity contribution < 1.29 is 0 Å². The van der Waals surface area contributed by atoms with E-state index < -0.39 is 0 Å². The molecule has 3 heterocycles. The highest BCUT2D eigenvalue weighted by Gasteiger charge is 2.29. The van der Waals surface area contributed by atoms with Crippen molar-refractivity contribution in [3.8, 4) is 0 Å². The third-order valence-corrected chi connectivity index (χ3v) is 6.49. The molecular weight excluding hydrogens is 332 g/mol. The van der Waals surface area contributed by atoms with Crippen LogP contribution in [0.3, 0.4) is 0 Å². The quantitative estimate of drug-likeness (QED) is 0.824. The van der Waals surface area contributed by atoms with Crippen LogP contribution in [0, 0.1) is 6.92 Å². The second-order valence-electron chi connectivity index (χ2n) is 8.04. The lowest BCUT2D eigenvalue weighted by atomic mass is 9.98. The summed E-state index contributed by atoms with van der Waals surface area (Å²) in [7, 11) is 0. The zero-order valence-corrected chi connectivity index (χ0v) is 16.7. The smallest absolute Gasteiger partial charge is 0.0427 e. The largest absolute Gasteiger partial charge is 0.369 e. The first-order chi connectivity index (χ1) is 13.2. The Bertz CT molecular complexity index is 716. The number of aryl methyl sites for hydroxylation is 1. The van der Waals surface area contributed by atoms with Crippen LogP contribution in [0.1, 0.15) is 36.9 Å². The number of likely N-dealkylation sites (tertiary alicyclic amines) is 1. The molecule has 27 heavy (non-hydrogen) atoms. The van der Waals surface area contributed by atoms with E-state index in [-0.39, 0.29) is 0 Å². The average molecular weight is 365 g/mol. The van der Waals surface area contributed by atoms with Gasteiger partial charge in [0.1, 0.15) is 0 Å². The van der Waals surface area contributed by atoms with Crippen LogP contribution in [0.4, 0.5) is 5.69 Å². The van der Waals surface area contributed by atoms with Crippen LogP contribution >= 0.6 is 0 Å². The second kappa shape index (κ2) is 8.41. The standard InChI is InChI=1S/C23H32N4/c1-19-18-24-11-8-23(19)27-16-14-26(15-17-27)22-9-12-25(13-10-22)20(2)21-6-4-3-5-7-21/h3-8,11,18,20,22H,9-10,12-17H2,1-2H3. The van der Waals surface area contributed by atoms with Gasteiger partial charge >= 0.3 is 0 Å². The van der Waals surface area contributed by atoms with Crippen molar-refractivity contribution >= 4 is 5.69 Å². The van der Waals surface area contributed by atoms with Gasteiger partial charge in [-0.3, -0.25) is 14.8 Å². The highest BCUT2D eigenvalue weighted by atomic mass is 15.3. The highest BCUT2D eigenvalue weighted by molar-refractivity contribution is 5.51. The summed E-state index contributed by atoms with van der Waals surface area (Å²) in [4.78, 5) is 12.1. The van der Waals surface area contributed by atoms with Crippen molar-refractivity contribution in [1.29, 1.82) is 0 Å². The predicted octanol–water partition coefficient (Wildman–Crippen LogP) is 3.74. The molecule has 0 saturated carbocycles. The van der Waals surface area contributed by atoms with Crippen molar-refractivity contribution in [1.82, 2.24) is 14.8 Å². The molecule has 2 fully saturated rings. The molecular formula is C23H32N4. The van der Waals surface area contributed by atoms with E-state index in [1.165, 1.54) is 55.8 Å². The van der Waals surface area contributed by atoms with Gasteiger partial charge in [-0.1, -0.05) is 30.3 Å². The molecule has 0 N–H and O–H groups in total. The first-order valence-electron chi connectivity index (χ1n) is 10.4. The van der Waals surface area contributed by atoms with E-state index in [0.29, 0.717) is 6.04 Å². The minimum atomic E-state index is 0.527. The van der Waals surface area contributed by atoms with Crippen LogP contribution in [-0.4, -0.2) is 60.1 Å². The number of piperazine rings is 1. The average Bonchev–Trinajstić information content (AvgIpc) is 2.74. The van der Waals surface area contributed by atoms with E-state index in [0.717, 1.165) is 19.1 Å². The van der Waals surface area contributed by atoms with E-state index in [1.54, 1.807) is 0 Å². The molecule has 4 nitrogen and oxygen atoms in total. The summed E-state index contributed by atoms with van der Waals surface area (Å²) >= 11 is 0. The van der Waals surface area contributed by atoms with Crippen molar-refractivity contribution in [2.24, 2.45) is 0 Å². The Morgan fingerprint density at radius 1 is 0.926 bits per heavy atom. The highest BCUT2D eigenvalue weighted by Crippen LogP contribution is 2.27. The number of nitrogens with zero attached hydrogens (tertiary/aromatic N) is 4. The Kier molecular flexibility index (Phi) is 5.74. The van der Waals surface area contributed by atoms with E-state index >= 15 is 0 Å². The van der Waals surface area contributed by atoms with E-state index in [2.05, 4.69) is 69.9 Å². The molecule has 0 aliphatic carbocycles. The Morgan fingerprint density at radius 3 is 2.30 bits per heavy atom. The van der Waals surface area contributed by atoms with Crippen LogP contribution in [0.25, 0.3) is 0 Å². The summed E-state index contributed by atoms with van der Waals surface area (Å²) in [6.07, 6.45) is 6.49. The summed E-state index contributed by atoms with van der Waals surface area (Å²) in [6, 6.07) is 14.4. The van der Waals surface area contributed by atoms with Gasteiger partial charge in [0.2, 0.25) is 0 Å². The van der Waals surface area contributed by atoms with Gasteiger partial charge in [0.25, 0.3) is 0 Å². The van der Waals surface area contributed by atoms with E-state index in [1.807, 2.05) is 12.4 Å². The number of pyridine rings is 1. The minimum Gasteiger partial charge on any atom is -0.369 e. The van der Waals surface area contributed by atoms with Crippen molar-refractivity contribution in [3.05, 3.63) is 59.9 Å². The van der Waals surface area contributed by atoms with Gasteiger partial charge in [-0.05, 0) is 43.9 Å². The molecule has 1 unspecified atom stereocenters. The number of hydrogen-bond donors (Lipinski definition) is 0. The minimum absolute atomic E-state index is 0.527. The number of hydrogen-bond acceptors (Lipinski definition) is 4. The summed E-state index contributed by atoms with van der Waals surface area (Å²) in [5.41, 5.74) is 4.09. The summed E-state index contributed by atoms with van der Waals surface area (Å²) in [6.45, 7) is 11.6. The number of rotatable bonds is 4. The monoisotopic (exact) mass is 364 g/mol. The number of benzene rings is 1. The molecule has 0 radical (unpaired) electrons. The third kappa shape index (κ3) is 4.17. The Balaban J connectivity index is 1.28. The fraction of sp³-hybridized carbons (Fsp3) is 0.522. The molecule has 0 bridgehead atoms. The van der Waals surface area contributed by atoms with Crippen molar-refractivity contribution in [2.75, 3.05) is 44.2 Å². The van der Waals surface area contributed by atoms with Gasteiger partial charge < -0.3 is 4.90 Å². The number of anilines is 1. The zero-order valence-electron chi connectivity index (χ0n) is 16.7. The van der Waals surface area contributed by atoms with Crippen molar-refractivity contribution in [2.45, 2.75) is 38.8 Å². The molecule has 1 aromatic heterocycles. The number of piperidine rings is 1. The Hall–Kier alpha value is -1.91. The van der Waals surface area contributed by atoms with Crippen LogP contribution < -0.4 is 4.90 Å². The van der Waals surface area contributed by atoms with Gasteiger partial charge in [-0.25, -0.2) is 0 Å². The van der Waals surface area contributed by atoms with Gasteiger partial charge in [-0.2, -0.15) is 0 Å². The number of aromatic nitrogens is 1. The molecule has 4 rings (SSSR count). The Morgan fingerprint density at radius 2 is 1.63 bits per heavy atom. The molecule has 2 saturated heterocycles. The lowest BCUT2D eigenvalue weighted by Gasteiger charge is -2.44. The van der Waals surface area contributed by atoms with Gasteiger partial charge in [0, 0.05) is 69.4 Å². The maximum atomic E-state index is 4.23. The molecule has 2 aromatic rings. The normalized spacial score (nSPS) is 21.3. The molecule has 4 heteroatoms. The summed E-state index contributed by atoms with van der Waals surface area (Å²) in [5.74, 6) is 0. The molecule has 2 aliphatic rings. The maximum Gasteiger partial charge on any atom is 0.0427 e. The van der Waals surface area contributed by atoms with E-state index in [9.17, 15) is 0 Å². The van der Waals surface area contributed by atoms with Crippen LogP contribution in [0.5, 0.6) is 0 Å². The van der Waals surface area contributed by atoms with Gasteiger partial charge in [0.15, 0.2) is 0 Å². The SMILES string of the molecule is Cc1cnccc1N1CCN(C2CCN(C(C)c3ccccc3)CC2)CC1. The third-order valence-electron chi connectivity index (χ3n) is 6.49. The lowest BCUT2D eigenvalue weighted by molar-refractivity contribution is 0.0840. The van der Waals surface area contributed by atoms with Crippen LogP contribution in [0.15, 0.2) is 48.8 Å². The van der Waals surface area contributed by atoms with Crippen LogP contribution in [0.2, 0.25) is 0 Å².